The maximum Gasteiger partial charge on any atom is 0.293 e. The summed E-state index contributed by atoms with van der Waals surface area (Å²) >= 11 is 0.858. The number of nitrogens with one attached hydrogen (secondary N) is 1. The second-order valence-corrected chi connectivity index (χ2v) is 7.66. The minimum atomic E-state index is -0.411. The number of imide groups is 1. The summed E-state index contributed by atoms with van der Waals surface area (Å²) in [6, 6.07) is 12.4. The van der Waals surface area contributed by atoms with E-state index < -0.39 is 11.1 Å². The van der Waals surface area contributed by atoms with Gasteiger partial charge in [0.2, 0.25) is 5.91 Å². The van der Waals surface area contributed by atoms with Gasteiger partial charge in [-0.15, -0.1) is 0 Å². The third-order valence-electron chi connectivity index (χ3n) is 4.58. The van der Waals surface area contributed by atoms with Gasteiger partial charge in [0.05, 0.1) is 23.0 Å². The minimum Gasteiger partial charge on any atom is -0.497 e. The highest BCUT2D eigenvalue weighted by Crippen LogP contribution is 2.32. The summed E-state index contributed by atoms with van der Waals surface area (Å²) in [6.45, 7) is -0.000657. The van der Waals surface area contributed by atoms with Crippen LogP contribution in [0.3, 0.4) is 0 Å². The number of methoxy groups -OCH3 is 1. The van der Waals surface area contributed by atoms with Gasteiger partial charge in [0, 0.05) is 31.0 Å². The van der Waals surface area contributed by atoms with Crippen molar-refractivity contribution in [2.75, 3.05) is 19.0 Å². The van der Waals surface area contributed by atoms with E-state index in [1.54, 1.807) is 62.0 Å². The number of fused-ring (bicyclic) bond motifs is 1. The van der Waals surface area contributed by atoms with Gasteiger partial charge >= 0.3 is 0 Å². The van der Waals surface area contributed by atoms with Crippen molar-refractivity contribution in [2.24, 2.45) is 0 Å². The van der Waals surface area contributed by atoms with E-state index >= 15 is 0 Å². The molecule has 0 aliphatic carbocycles. The lowest BCUT2D eigenvalue weighted by atomic mass is 10.2. The minimum absolute atomic E-state index is 0.000657. The van der Waals surface area contributed by atoms with Gasteiger partial charge in [-0.1, -0.05) is 12.1 Å². The summed E-state index contributed by atoms with van der Waals surface area (Å²) < 4.78 is 5.18. The Morgan fingerprint density at radius 3 is 2.74 bits per heavy atom. The first-order valence-electron chi connectivity index (χ1n) is 9.43. The van der Waals surface area contributed by atoms with Crippen LogP contribution in [0.5, 0.6) is 5.75 Å². The molecule has 0 bridgehead atoms. The molecule has 0 spiro atoms. The quantitative estimate of drug-likeness (QED) is 0.590. The third-order valence-corrected chi connectivity index (χ3v) is 5.49. The highest BCUT2D eigenvalue weighted by molar-refractivity contribution is 8.18. The number of ether oxygens (including phenoxy) is 1. The molecule has 0 atom stereocenters. The van der Waals surface area contributed by atoms with E-state index in [-0.39, 0.29) is 18.9 Å². The van der Waals surface area contributed by atoms with E-state index in [1.807, 2.05) is 6.07 Å². The van der Waals surface area contributed by atoms with Crippen molar-refractivity contribution in [1.82, 2.24) is 14.9 Å². The number of amides is 3. The number of benzene rings is 2. The standard InChI is InChI=1S/C22H18N4O4S/c1-30-16-4-2-3-14(11-16)12-19-21(28)26(22(29)31-19)10-7-20(27)25-15-5-6-17-18(13-15)24-9-8-23-17/h2-6,8-9,11-13H,7,10H2,1H3,(H,25,27)/b19-12-. The Labute approximate surface area is 182 Å². The average molecular weight is 434 g/mol. The molecule has 1 aliphatic rings. The summed E-state index contributed by atoms with van der Waals surface area (Å²) in [7, 11) is 1.56. The molecule has 0 radical (unpaired) electrons. The van der Waals surface area contributed by atoms with E-state index in [9.17, 15) is 14.4 Å². The van der Waals surface area contributed by atoms with Crippen LogP contribution in [-0.2, 0) is 9.59 Å². The van der Waals surface area contributed by atoms with Crippen LogP contribution in [0.15, 0.2) is 59.8 Å². The number of hydrogen-bond acceptors (Lipinski definition) is 7. The number of thioether (sulfide) groups is 1. The van der Waals surface area contributed by atoms with Gasteiger partial charge in [-0.2, -0.15) is 0 Å². The lowest BCUT2D eigenvalue weighted by molar-refractivity contribution is -0.123. The molecule has 0 unspecified atom stereocenters. The van der Waals surface area contributed by atoms with Gasteiger partial charge in [0.1, 0.15) is 5.75 Å². The van der Waals surface area contributed by atoms with E-state index in [0.717, 1.165) is 27.7 Å². The van der Waals surface area contributed by atoms with Gasteiger partial charge in [0.15, 0.2) is 0 Å². The zero-order valence-electron chi connectivity index (χ0n) is 16.6. The van der Waals surface area contributed by atoms with Crippen LogP contribution < -0.4 is 10.1 Å². The van der Waals surface area contributed by atoms with Crippen molar-refractivity contribution in [1.29, 1.82) is 0 Å². The first kappa shape index (κ1) is 20.5. The molecule has 0 saturated carbocycles. The molecule has 1 fully saturated rings. The predicted octanol–water partition coefficient (Wildman–Crippen LogP) is 3.70. The summed E-state index contributed by atoms with van der Waals surface area (Å²) in [5.74, 6) is -0.0602. The number of carbonyl (C=O) groups is 3. The molecule has 8 nitrogen and oxygen atoms in total. The van der Waals surface area contributed by atoms with Crippen LogP contribution in [-0.4, -0.2) is 45.6 Å². The van der Waals surface area contributed by atoms with Crippen molar-refractivity contribution in [2.45, 2.75) is 6.42 Å². The monoisotopic (exact) mass is 434 g/mol. The number of anilines is 1. The van der Waals surface area contributed by atoms with Gasteiger partial charge < -0.3 is 10.1 Å². The second-order valence-electron chi connectivity index (χ2n) is 6.67. The molecule has 1 aromatic heterocycles. The summed E-state index contributed by atoms with van der Waals surface area (Å²) in [4.78, 5) is 47.0. The summed E-state index contributed by atoms with van der Waals surface area (Å²) in [6.07, 6.45) is 4.80. The summed E-state index contributed by atoms with van der Waals surface area (Å²) in [5, 5.41) is 2.36. The van der Waals surface area contributed by atoms with Gasteiger partial charge in [0.25, 0.3) is 11.1 Å². The van der Waals surface area contributed by atoms with Crippen molar-refractivity contribution >= 4 is 51.6 Å². The molecule has 9 heteroatoms. The van der Waals surface area contributed by atoms with E-state index in [1.165, 1.54) is 0 Å². The molecule has 1 saturated heterocycles. The molecule has 4 rings (SSSR count). The number of nitrogens with zero attached hydrogens (tertiary/aromatic N) is 3. The fraction of sp³-hybridized carbons (Fsp3) is 0.136. The lowest BCUT2D eigenvalue weighted by Crippen LogP contribution is -2.31. The van der Waals surface area contributed by atoms with Gasteiger partial charge in [-0.05, 0) is 53.7 Å². The van der Waals surface area contributed by atoms with E-state index in [2.05, 4.69) is 15.3 Å². The molecule has 31 heavy (non-hydrogen) atoms. The van der Waals surface area contributed by atoms with E-state index in [0.29, 0.717) is 21.9 Å². The second kappa shape index (κ2) is 8.97. The first-order chi connectivity index (χ1) is 15.0. The molecule has 3 aromatic rings. The zero-order chi connectivity index (χ0) is 21.8. The number of hydrogen-bond donors (Lipinski definition) is 1. The Kier molecular flexibility index (Phi) is 5.94. The maximum atomic E-state index is 12.6. The van der Waals surface area contributed by atoms with Crippen molar-refractivity contribution in [3.63, 3.8) is 0 Å². The molecule has 156 valence electrons. The first-order valence-corrected chi connectivity index (χ1v) is 10.3. The normalized spacial score (nSPS) is 15.0. The Morgan fingerprint density at radius 2 is 1.94 bits per heavy atom. The molecule has 2 aromatic carbocycles. The van der Waals surface area contributed by atoms with Crippen LogP contribution in [0.4, 0.5) is 10.5 Å². The number of aromatic nitrogens is 2. The molecule has 1 aliphatic heterocycles. The topological polar surface area (TPSA) is 101 Å². The predicted molar refractivity (Wildman–Crippen MR) is 118 cm³/mol. The molecule has 3 amide bonds. The van der Waals surface area contributed by atoms with Crippen molar-refractivity contribution in [3.05, 3.63) is 65.3 Å². The van der Waals surface area contributed by atoms with Crippen molar-refractivity contribution < 1.29 is 19.1 Å². The number of rotatable bonds is 6. The molecular weight excluding hydrogens is 416 g/mol. The highest BCUT2D eigenvalue weighted by atomic mass is 32.2. The Balaban J connectivity index is 1.38. The van der Waals surface area contributed by atoms with Crippen LogP contribution in [0.2, 0.25) is 0 Å². The fourth-order valence-corrected chi connectivity index (χ4v) is 3.92. The molecule has 2 heterocycles. The van der Waals surface area contributed by atoms with Crippen LogP contribution >= 0.6 is 11.8 Å². The largest absolute Gasteiger partial charge is 0.497 e. The maximum absolute atomic E-state index is 12.6. The third kappa shape index (κ3) is 4.72. The lowest BCUT2D eigenvalue weighted by Gasteiger charge is -2.12. The van der Waals surface area contributed by atoms with Crippen LogP contribution in [0.25, 0.3) is 17.1 Å². The summed E-state index contributed by atoms with van der Waals surface area (Å²) in [5.41, 5.74) is 2.71. The molecule has 1 N–H and O–H groups in total. The Morgan fingerprint density at radius 1 is 1.13 bits per heavy atom. The fourth-order valence-electron chi connectivity index (χ4n) is 3.05. The SMILES string of the molecule is COc1cccc(/C=C2\SC(=O)N(CCC(=O)Nc3ccc4nccnc4c3)C2=O)c1. The van der Waals surface area contributed by atoms with E-state index in [4.69, 9.17) is 4.74 Å². The van der Waals surface area contributed by atoms with Gasteiger partial charge in [-0.25, -0.2) is 0 Å². The average Bonchev–Trinajstić information content (AvgIpc) is 3.04. The zero-order valence-corrected chi connectivity index (χ0v) is 17.4. The number of carbonyl (C=O) groups excluding carboxylic acids is 3. The van der Waals surface area contributed by atoms with Gasteiger partial charge in [-0.3, -0.25) is 29.3 Å². The van der Waals surface area contributed by atoms with Crippen LogP contribution in [0, 0.1) is 0 Å². The highest BCUT2D eigenvalue weighted by Gasteiger charge is 2.35. The Bertz CT molecular complexity index is 1210. The van der Waals surface area contributed by atoms with Crippen LogP contribution in [0.1, 0.15) is 12.0 Å². The van der Waals surface area contributed by atoms with Crippen molar-refractivity contribution in [3.8, 4) is 5.75 Å². The Hall–Kier alpha value is -3.72. The smallest absolute Gasteiger partial charge is 0.293 e. The molecular formula is C22H18N4O4S.